The van der Waals surface area contributed by atoms with Crippen molar-refractivity contribution in [2.75, 3.05) is 81.3 Å². The van der Waals surface area contributed by atoms with Gasteiger partial charge in [-0.2, -0.15) is 0 Å². The molecule has 5 fully saturated rings. The van der Waals surface area contributed by atoms with E-state index in [1.807, 2.05) is 24.3 Å². The van der Waals surface area contributed by atoms with Gasteiger partial charge in [-0.1, -0.05) is 0 Å². The molecule has 254 valence electrons. The number of rotatable bonds is 9. The van der Waals surface area contributed by atoms with Gasteiger partial charge in [0.15, 0.2) is 17.3 Å². The molecule has 1 amide bonds. The number of carbonyl (C=O) groups is 1. The molecule has 12 nitrogen and oxygen atoms in total. The van der Waals surface area contributed by atoms with E-state index in [9.17, 15) is 4.79 Å². The van der Waals surface area contributed by atoms with Gasteiger partial charge in [0.1, 0.15) is 17.1 Å². The van der Waals surface area contributed by atoms with Gasteiger partial charge in [-0.15, -0.1) is 0 Å². The van der Waals surface area contributed by atoms with Crippen molar-refractivity contribution in [2.24, 2.45) is 5.73 Å². The SMILES string of the molecule is COc1cccnc1-c1nc(C(N)=O)c(Nc2ccc(N3CCC(N4CCN(C5CC5)CC4)CC3)cc2)nc1N1CCC12CCOCC2. The number of nitrogens with one attached hydrogen (secondary N) is 1. The minimum Gasteiger partial charge on any atom is -0.494 e. The number of piperidine rings is 1. The summed E-state index contributed by atoms with van der Waals surface area (Å²) in [6.07, 6.45) is 9.75. The van der Waals surface area contributed by atoms with E-state index in [1.54, 1.807) is 13.3 Å². The van der Waals surface area contributed by atoms with E-state index in [1.165, 1.54) is 57.5 Å². The lowest BCUT2D eigenvalue weighted by molar-refractivity contribution is 0.0285. The molecule has 1 saturated carbocycles. The van der Waals surface area contributed by atoms with Gasteiger partial charge in [-0.3, -0.25) is 19.6 Å². The molecule has 3 N–H and O–H groups in total. The molecule has 1 aliphatic carbocycles. The largest absolute Gasteiger partial charge is 0.494 e. The summed E-state index contributed by atoms with van der Waals surface area (Å²) in [5, 5.41) is 3.39. The van der Waals surface area contributed by atoms with Gasteiger partial charge in [0.25, 0.3) is 5.91 Å². The predicted molar refractivity (Wildman–Crippen MR) is 186 cm³/mol. The zero-order valence-electron chi connectivity index (χ0n) is 27.9. The molecule has 1 aromatic carbocycles. The maximum atomic E-state index is 12.8. The Morgan fingerprint density at radius 2 is 1.56 bits per heavy atom. The normalized spacial score (nSPS) is 22.0. The predicted octanol–water partition coefficient (Wildman–Crippen LogP) is 3.90. The lowest BCUT2D eigenvalue weighted by Crippen LogP contribution is -2.63. The van der Waals surface area contributed by atoms with E-state index in [2.05, 4.69) is 42.0 Å². The molecule has 0 atom stereocenters. The van der Waals surface area contributed by atoms with Crippen LogP contribution in [0.1, 0.15) is 55.4 Å². The first-order valence-corrected chi connectivity index (χ1v) is 17.7. The fourth-order valence-electron chi connectivity index (χ4n) is 8.20. The maximum Gasteiger partial charge on any atom is 0.271 e. The van der Waals surface area contributed by atoms with Crippen molar-refractivity contribution in [1.29, 1.82) is 0 Å². The number of aromatic nitrogens is 3. The van der Waals surface area contributed by atoms with Crippen molar-refractivity contribution < 1.29 is 14.3 Å². The summed E-state index contributed by atoms with van der Waals surface area (Å²) in [6.45, 7) is 9.24. The summed E-state index contributed by atoms with van der Waals surface area (Å²) in [5.41, 5.74) is 8.97. The van der Waals surface area contributed by atoms with Crippen molar-refractivity contribution in [1.82, 2.24) is 24.8 Å². The molecule has 48 heavy (non-hydrogen) atoms. The molecule has 0 bridgehead atoms. The second-order valence-corrected chi connectivity index (χ2v) is 13.9. The number of carbonyl (C=O) groups excluding carboxylic acids is 1. The van der Waals surface area contributed by atoms with E-state index >= 15 is 0 Å². The van der Waals surface area contributed by atoms with Crippen LogP contribution in [0.25, 0.3) is 11.4 Å². The second kappa shape index (κ2) is 13.1. The lowest BCUT2D eigenvalue weighted by Gasteiger charge is -2.55. The average molecular weight is 654 g/mol. The van der Waals surface area contributed by atoms with Crippen LogP contribution in [-0.4, -0.2) is 114 Å². The van der Waals surface area contributed by atoms with Crippen LogP contribution >= 0.6 is 0 Å². The Labute approximate surface area is 282 Å². The van der Waals surface area contributed by atoms with Gasteiger partial charge in [0.2, 0.25) is 0 Å². The highest BCUT2D eigenvalue weighted by Crippen LogP contribution is 2.46. The fourth-order valence-corrected chi connectivity index (χ4v) is 8.20. The van der Waals surface area contributed by atoms with Crippen LogP contribution in [0.3, 0.4) is 0 Å². The molecule has 12 heteroatoms. The van der Waals surface area contributed by atoms with Crippen LogP contribution in [0.15, 0.2) is 42.6 Å². The molecule has 3 aromatic rings. The molecule has 1 spiro atoms. The number of ether oxygens (including phenoxy) is 2. The highest BCUT2D eigenvalue weighted by atomic mass is 16.5. The van der Waals surface area contributed by atoms with E-state index in [-0.39, 0.29) is 11.2 Å². The monoisotopic (exact) mass is 653 g/mol. The number of anilines is 4. The van der Waals surface area contributed by atoms with Crippen LogP contribution in [-0.2, 0) is 4.74 Å². The molecule has 4 saturated heterocycles. The molecule has 2 aromatic heterocycles. The highest BCUT2D eigenvalue weighted by Gasteiger charge is 2.48. The van der Waals surface area contributed by atoms with Gasteiger partial charge in [-0.25, -0.2) is 9.97 Å². The average Bonchev–Trinajstić information content (AvgIpc) is 3.98. The Morgan fingerprint density at radius 1 is 0.875 bits per heavy atom. The summed E-state index contributed by atoms with van der Waals surface area (Å²) in [4.78, 5) is 37.6. The molecule has 5 aliphatic rings. The Kier molecular flexibility index (Phi) is 8.56. The maximum absolute atomic E-state index is 12.8. The van der Waals surface area contributed by atoms with Crippen molar-refractivity contribution in [3.63, 3.8) is 0 Å². The van der Waals surface area contributed by atoms with Crippen LogP contribution in [0, 0.1) is 0 Å². The molecular formula is C36H47N9O3. The zero-order chi connectivity index (χ0) is 32.7. The second-order valence-electron chi connectivity index (χ2n) is 13.9. The molecular weight excluding hydrogens is 606 g/mol. The van der Waals surface area contributed by atoms with Gasteiger partial charge in [-0.05, 0) is 81.3 Å². The highest BCUT2D eigenvalue weighted by molar-refractivity contribution is 5.98. The number of nitrogens with two attached hydrogens (primary N) is 1. The number of nitrogens with zero attached hydrogens (tertiary/aromatic N) is 7. The summed E-state index contributed by atoms with van der Waals surface area (Å²) in [5.74, 6) is 0.897. The van der Waals surface area contributed by atoms with Crippen molar-refractivity contribution in [2.45, 2.75) is 62.6 Å². The molecule has 0 unspecified atom stereocenters. The van der Waals surface area contributed by atoms with Crippen molar-refractivity contribution in [3.8, 4) is 17.1 Å². The Hall–Kier alpha value is -4.00. The summed E-state index contributed by atoms with van der Waals surface area (Å²) >= 11 is 0. The number of hydrogen-bond acceptors (Lipinski definition) is 11. The van der Waals surface area contributed by atoms with E-state index in [4.69, 9.17) is 25.2 Å². The summed E-state index contributed by atoms with van der Waals surface area (Å²) in [7, 11) is 1.60. The Bertz CT molecular complexity index is 1610. The number of benzene rings is 1. The van der Waals surface area contributed by atoms with Gasteiger partial charge in [0.05, 0.1) is 7.11 Å². The summed E-state index contributed by atoms with van der Waals surface area (Å²) in [6, 6.07) is 13.6. The number of primary amides is 1. The number of pyridine rings is 1. The lowest BCUT2D eigenvalue weighted by atomic mass is 9.78. The number of amides is 1. The third kappa shape index (κ3) is 6.05. The Balaban J connectivity index is 1.01. The van der Waals surface area contributed by atoms with Gasteiger partial charge in [0, 0.05) is 94.2 Å². The standard InChI is InChI=1S/C36H47N9O3/c1-47-29-3-2-15-38-30(29)31-35(45-18-12-36(45)13-23-48-24-14-36)41-34(32(40-31)33(37)46)39-25-4-6-26(7-5-25)42-16-10-28(11-17-42)44-21-19-43(20-22-44)27-8-9-27/h2-7,15,27-28H,8-14,16-24H2,1H3,(H2,37,46)(H,39,41). The zero-order valence-corrected chi connectivity index (χ0v) is 27.9. The van der Waals surface area contributed by atoms with Crippen LogP contribution < -0.4 is 25.6 Å². The van der Waals surface area contributed by atoms with Gasteiger partial charge < -0.3 is 30.3 Å². The number of hydrogen-bond donors (Lipinski definition) is 2. The third-order valence-electron chi connectivity index (χ3n) is 11.3. The molecule has 0 radical (unpaired) electrons. The first-order valence-electron chi connectivity index (χ1n) is 17.7. The van der Waals surface area contributed by atoms with Crippen LogP contribution in [0.5, 0.6) is 5.75 Å². The van der Waals surface area contributed by atoms with E-state index in [0.717, 1.165) is 50.6 Å². The summed E-state index contributed by atoms with van der Waals surface area (Å²) < 4.78 is 11.4. The van der Waals surface area contributed by atoms with Crippen LogP contribution in [0.4, 0.5) is 23.0 Å². The molecule has 8 rings (SSSR count). The first-order chi connectivity index (χ1) is 23.5. The smallest absolute Gasteiger partial charge is 0.271 e. The van der Waals surface area contributed by atoms with Crippen molar-refractivity contribution >= 4 is 28.9 Å². The first kappa shape index (κ1) is 31.3. The molecule has 4 aliphatic heterocycles. The number of methoxy groups -OCH3 is 1. The minimum atomic E-state index is -0.662. The minimum absolute atomic E-state index is 0.0603. The molecule has 6 heterocycles. The van der Waals surface area contributed by atoms with Crippen molar-refractivity contribution in [3.05, 3.63) is 48.3 Å². The quantitative estimate of drug-likeness (QED) is 0.350. The van der Waals surface area contributed by atoms with Gasteiger partial charge >= 0.3 is 0 Å². The fraction of sp³-hybridized carbons (Fsp3) is 0.556. The number of piperazine rings is 1. The third-order valence-corrected chi connectivity index (χ3v) is 11.3. The Morgan fingerprint density at radius 3 is 2.17 bits per heavy atom. The van der Waals surface area contributed by atoms with E-state index in [0.29, 0.717) is 48.0 Å². The van der Waals surface area contributed by atoms with E-state index < -0.39 is 5.91 Å². The topological polar surface area (TPSA) is 125 Å². The van der Waals surface area contributed by atoms with Crippen LogP contribution in [0.2, 0.25) is 0 Å².